The van der Waals surface area contributed by atoms with Crippen LogP contribution in [0.2, 0.25) is 10.0 Å². The molecular weight excluding hydrogens is 597 g/mol. The Kier molecular flexibility index (Phi) is 10.2. The topological polar surface area (TPSA) is 144 Å². The molecule has 218 valence electrons. The molecular formula is C31H23Cl2N3O7. The van der Waals surface area contributed by atoms with Gasteiger partial charge in [0.2, 0.25) is 12.2 Å². The van der Waals surface area contributed by atoms with Gasteiger partial charge in [-0.1, -0.05) is 40.9 Å². The molecule has 0 aliphatic rings. The highest BCUT2D eigenvalue weighted by Gasteiger charge is 2.41. The van der Waals surface area contributed by atoms with Crippen molar-refractivity contribution in [2.75, 3.05) is 5.32 Å². The second-order valence-corrected chi connectivity index (χ2v) is 9.95. The highest BCUT2D eigenvalue weighted by Crippen LogP contribution is 2.22. The maximum absolute atomic E-state index is 13.3. The molecule has 0 aliphatic heterocycles. The van der Waals surface area contributed by atoms with Crippen molar-refractivity contribution in [3.8, 4) is 0 Å². The zero-order valence-electron chi connectivity index (χ0n) is 22.4. The van der Waals surface area contributed by atoms with E-state index in [0.29, 0.717) is 21.4 Å². The van der Waals surface area contributed by atoms with Gasteiger partial charge in [-0.3, -0.25) is 4.79 Å². The van der Waals surface area contributed by atoms with Gasteiger partial charge < -0.3 is 19.9 Å². The first-order chi connectivity index (χ1) is 20.6. The van der Waals surface area contributed by atoms with Crippen molar-refractivity contribution in [1.82, 2.24) is 0 Å². The number of carboxylic acids is 1. The van der Waals surface area contributed by atoms with Crippen LogP contribution in [0.1, 0.15) is 26.3 Å². The van der Waals surface area contributed by atoms with Gasteiger partial charge in [-0.15, -0.1) is 0 Å². The van der Waals surface area contributed by atoms with Gasteiger partial charge >= 0.3 is 17.9 Å². The van der Waals surface area contributed by atoms with Crippen LogP contribution in [0.5, 0.6) is 0 Å². The van der Waals surface area contributed by atoms with Crippen molar-refractivity contribution in [2.45, 2.75) is 19.1 Å². The van der Waals surface area contributed by atoms with E-state index in [1.807, 2.05) is 31.2 Å². The number of carbonyl (C=O) groups is 4. The van der Waals surface area contributed by atoms with Gasteiger partial charge in [0.25, 0.3) is 5.91 Å². The molecule has 2 atom stereocenters. The molecule has 0 saturated heterocycles. The molecule has 0 bridgehead atoms. The number of benzene rings is 4. The highest BCUT2D eigenvalue weighted by atomic mass is 35.5. The number of nitrogens with zero attached hydrogens (tertiary/aromatic N) is 2. The second-order valence-electron chi connectivity index (χ2n) is 9.08. The summed E-state index contributed by atoms with van der Waals surface area (Å²) in [6.45, 7) is 1.96. The number of azo groups is 1. The first-order valence-corrected chi connectivity index (χ1v) is 13.4. The molecule has 1 amide bonds. The summed E-state index contributed by atoms with van der Waals surface area (Å²) in [6, 6.07) is 24.5. The second kappa shape index (κ2) is 14.2. The molecule has 0 aliphatic carbocycles. The number of rotatable bonds is 10. The Labute approximate surface area is 255 Å². The van der Waals surface area contributed by atoms with Crippen LogP contribution in [0.25, 0.3) is 0 Å². The van der Waals surface area contributed by atoms with E-state index in [4.69, 9.17) is 32.7 Å². The number of aryl methyl sites for hydroxylation is 1. The molecule has 4 rings (SSSR count). The zero-order valence-corrected chi connectivity index (χ0v) is 24.0. The smallest absolute Gasteiger partial charge is 0.349 e. The van der Waals surface area contributed by atoms with E-state index in [1.54, 1.807) is 12.1 Å². The van der Waals surface area contributed by atoms with Crippen LogP contribution >= 0.6 is 23.2 Å². The molecule has 12 heteroatoms. The summed E-state index contributed by atoms with van der Waals surface area (Å²) < 4.78 is 10.4. The van der Waals surface area contributed by atoms with Crippen molar-refractivity contribution < 1.29 is 33.8 Å². The minimum absolute atomic E-state index is 0.0151. The third kappa shape index (κ3) is 8.71. The Balaban J connectivity index is 1.55. The fraction of sp³-hybridized carbons (Fsp3) is 0.0968. The standard InChI is InChI=1S/C31H23Cl2N3O7/c1-18-2-12-24(13-3-18)35-36-25-16-14-23(15-17-25)34-28(37)26(42-30(40)19-4-8-21(32)9-5-19)27(29(38)39)43-31(41)20-6-10-22(33)11-7-20/h2-17,26-27H,1H3,(H,34,37)(H,38,39)/t26-,27-/m1/s1. The molecule has 4 aromatic carbocycles. The number of anilines is 1. The zero-order chi connectivity index (χ0) is 30.9. The quantitative estimate of drug-likeness (QED) is 0.141. The molecule has 43 heavy (non-hydrogen) atoms. The van der Waals surface area contributed by atoms with Crippen molar-refractivity contribution >= 4 is 64.1 Å². The summed E-state index contributed by atoms with van der Waals surface area (Å²) in [5.74, 6) is -4.91. The largest absolute Gasteiger partial charge is 0.478 e. The highest BCUT2D eigenvalue weighted by molar-refractivity contribution is 6.31. The van der Waals surface area contributed by atoms with Crippen molar-refractivity contribution in [3.63, 3.8) is 0 Å². The van der Waals surface area contributed by atoms with Gasteiger partial charge in [0.1, 0.15) is 0 Å². The lowest BCUT2D eigenvalue weighted by molar-refractivity contribution is -0.157. The third-order valence-electron chi connectivity index (χ3n) is 5.85. The van der Waals surface area contributed by atoms with E-state index in [1.165, 1.54) is 60.7 Å². The first-order valence-electron chi connectivity index (χ1n) is 12.6. The average molecular weight is 620 g/mol. The van der Waals surface area contributed by atoms with Gasteiger partial charge in [0.15, 0.2) is 0 Å². The van der Waals surface area contributed by atoms with Crippen molar-refractivity contribution in [1.29, 1.82) is 0 Å². The molecule has 4 aromatic rings. The monoisotopic (exact) mass is 619 g/mol. The van der Waals surface area contributed by atoms with Gasteiger partial charge in [0, 0.05) is 15.7 Å². The number of ether oxygens (including phenoxy) is 2. The summed E-state index contributed by atoms with van der Waals surface area (Å²) in [7, 11) is 0. The van der Waals surface area contributed by atoms with Crippen LogP contribution in [0.4, 0.5) is 17.1 Å². The average Bonchev–Trinajstić information content (AvgIpc) is 2.99. The number of halogens is 2. The predicted octanol–water partition coefficient (Wildman–Crippen LogP) is 7.19. The lowest BCUT2D eigenvalue weighted by Gasteiger charge is -2.23. The molecule has 0 spiro atoms. The Morgan fingerprint density at radius 2 is 1.07 bits per heavy atom. The van der Waals surface area contributed by atoms with Crippen LogP contribution < -0.4 is 5.32 Å². The summed E-state index contributed by atoms with van der Waals surface area (Å²) in [5, 5.41) is 21.4. The molecule has 10 nitrogen and oxygen atoms in total. The molecule has 0 saturated carbocycles. The fourth-order valence-electron chi connectivity index (χ4n) is 3.58. The van der Waals surface area contributed by atoms with Gasteiger partial charge in [-0.05, 0) is 91.9 Å². The lowest BCUT2D eigenvalue weighted by atomic mass is 10.1. The van der Waals surface area contributed by atoms with Gasteiger partial charge in [-0.2, -0.15) is 10.2 Å². The van der Waals surface area contributed by atoms with Gasteiger partial charge in [-0.25, -0.2) is 14.4 Å². The molecule has 0 heterocycles. The summed E-state index contributed by atoms with van der Waals surface area (Å²) in [5.41, 5.74) is 2.39. The Bertz CT molecular complexity index is 1640. The minimum Gasteiger partial charge on any atom is -0.478 e. The van der Waals surface area contributed by atoms with Crippen molar-refractivity contribution in [3.05, 3.63) is 124 Å². The Hall–Kier alpha value is -5.06. The minimum atomic E-state index is -2.21. The summed E-state index contributed by atoms with van der Waals surface area (Å²) >= 11 is 11.7. The van der Waals surface area contributed by atoms with E-state index >= 15 is 0 Å². The molecule has 2 N–H and O–H groups in total. The maximum atomic E-state index is 13.3. The van der Waals surface area contributed by atoms with Crippen LogP contribution in [-0.4, -0.2) is 41.1 Å². The Morgan fingerprint density at radius 3 is 1.51 bits per heavy atom. The van der Waals surface area contributed by atoms with Crippen LogP contribution in [0.3, 0.4) is 0 Å². The SMILES string of the molecule is Cc1ccc(N=Nc2ccc(NC(=O)[C@H](OC(=O)c3ccc(Cl)cc3)[C@@H](OC(=O)c3ccc(Cl)cc3)C(=O)O)cc2)cc1. The van der Waals surface area contributed by atoms with E-state index < -0.39 is 36.0 Å². The molecule has 0 unspecified atom stereocenters. The van der Waals surface area contributed by atoms with Crippen LogP contribution in [0.15, 0.2) is 107 Å². The molecule has 0 radical (unpaired) electrons. The number of aliphatic carboxylic acids is 1. The number of carboxylic acid groups (broad SMARTS) is 1. The van der Waals surface area contributed by atoms with E-state index in [0.717, 1.165) is 5.56 Å². The number of esters is 2. The first kappa shape index (κ1) is 30.9. The van der Waals surface area contributed by atoms with Gasteiger partial charge in [0.05, 0.1) is 22.5 Å². The Morgan fingerprint density at radius 1 is 0.651 bits per heavy atom. The lowest BCUT2D eigenvalue weighted by Crippen LogP contribution is -2.48. The summed E-state index contributed by atoms with van der Waals surface area (Å²) in [4.78, 5) is 51.2. The number of amides is 1. The molecule has 0 aromatic heterocycles. The number of hydrogen-bond acceptors (Lipinski definition) is 8. The van der Waals surface area contributed by atoms with E-state index in [9.17, 15) is 24.3 Å². The van der Waals surface area contributed by atoms with Crippen LogP contribution in [0, 0.1) is 6.92 Å². The third-order valence-corrected chi connectivity index (χ3v) is 6.36. The van der Waals surface area contributed by atoms with E-state index in [-0.39, 0.29) is 16.8 Å². The summed E-state index contributed by atoms with van der Waals surface area (Å²) in [6.07, 6.45) is -4.29. The molecule has 0 fully saturated rings. The fourth-order valence-corrected chi connectivity index (χ4v) is 3.84. The predicted molar refractivity (Wildman–Crippen MR) is 159 cm³/mol. The number of nitrogens with one attached hydrogen (secondary N) is 1. The number of hydrogen-bond donors (Lipinski definition) is 2. The normalized spacial score (nSPS) is 12.3. The van der Waals surface area contributed by atoms with Crippen molar-refractivity contribution in [2.24, 2.45) is 10.2 Å². The van der Waals surface area contributed by atoms with Crippen LogP contribution in [-0.2, 0) is 19.1 Å². The maximum Gasteiger partial charge on any atom is 0.349 e. The van der Waals surface area contributed by atoms with E-state index in [2.05, 4.69) is 15.5 Å². The number of carbonyl (C=O) groups excluding carboxylic acids is 3.